The van der Waals surface area contributed by atoms with Crippen molar-refractivity contribution in [1.29, 1.82) is 0 Å². The molecule has 0 atom stereocenters. The Morgan fingerprint density at radius 3 is 2.51 bits per heavy atom. The number of nitrogens with one attached hydrogen (secondary N) is 1. The second-order valence-corrected chi connectivity index (χ2v) is 9.15. The molecule has 0 aliphatic carbocycles. The number of amides is 3. The Labute approximate surface area is 202 Å². The van der Waals surface area contributed by atoms with Gasteiger partial charge in [-0.15, -0.1) is 0 Å². The first-order chi connectivity index (χ1) is 17.1. The third-order valence-electron chi connectivity index (χ3n) is 7.11. The Hall–Kier alpha value is -4.26. The van der Waals surface area contributed by atoms with Gasteiger partial charge in [-0.1, -0.05) is 30.3 Å². The van der Waals surface area contributed by atoms with E-state index in [4.69, 9.17) is 0 Å². The molecule has 1 saturated heterocycles. The van der Waals surface area contributed by atoms with Crippen LogP contribution in [0.5, 0.6) is 0 Å². The molecule has 0 radical (unpaired) electrons. The minimum absolute atomic E-state index is 0.103. The number of H-pyrrole nitrogens is 1. The van der Waals surface area contributed by atoms with Crippen LogP contribution in [0.3, 0.4) is 0 Å². The Kier molecular flexibility index (Phi) is 5.17. The van der Waals surface area contributed by atoms with Crippen LogP contribution in [0.2, 0.25) is 0 Å². The number of piperidine rings is 1. The Bertz CT molecular complexity index is 1450. The number of imide groups is 1. The molecular weight excluding hydrogens is 440 g/mol. The molecule has 2 aliphatic heterocycles. The highest BCUT2D eigenvalue weighted by Crippen LogP contribution is 2.33. The van der Waals surface area contributed by atoms with Gasteiger partial charge < -0.3 is 9.88 Å². The second kappa shape index (κ2) is 8.51. The third kappa shape index (κ3) is 3.69. The number of rotatable bonds is 4. The van der Waals surface area contributed by atoms with Gasteiger partial charge in [-0.2, -0.15) is 0 Å². The van der Waals surface area contributed by atoms with Gasteiger partial charge in [0.15, 0.2) is 0 Å². The molecule has 0 bridgehead atoms. The van der Waals surface area contributed by atoms with E-state index in [-0.39, 0.29) is 24.3 Å². The number of hydrogen-bond donors (Lipinski definition) is 1. The first-order valence-corrected chi connectivity index (χ1v) is 11.9. The summed E-state index contributed by atoms with van der Waals surface area (Å²) in [7, 11) is 0. The monoisotopic (exact) mass is 464 g/mol. The van der Waals surface area contributed by atoms with Crippen molar-refractivity contribution in [3.05, 3.63) is 101 Å². The quantitative estimate of drug-likeness (QED) is 0.454. The van der Waals surface area contributed by atoms with Gasteiger partial charge in [0.1, 0.15) is 5.65 Å². The summed E-state index contributed by atoms with van der Waals surface area (Å²) in [6.45, 7) is 1.49. The van der Waals surface area contributed by atoms with E-state index in [1.54, 1.807) is 24.4 Å². The molecule has 1 fully saturated rings. The molecule has 35 heavy (non-hydrogen) atoms. The van der Waals surface area contributed by atoms with E-state index in [1.807, 2.05) is 47.5 Å². The van der Waals surface area contributed by atoms with Crippen molar-refractivity contribution in [2.75, 3.05) is 13.1 Å². The average molecular weight is 465 g/mol. The molecule has 3 amide bonds. The average Bonchev–Trinajstić information content (AvgIpc) is 3.44. The van der Waals surface area contributed by atoms with Crippen molar-refractivity contribution in [3.8, 4) is 0 Å². The summed E-state index contributed by atoms with van der Waals surface area (Å²) in [6.07, 6.45) is 5.53. The van der Waals surface area contributed by atoms with Gasteiger partial charge in [0.05, 0.1) is 17.7 Å². The first kappa shape index (κ1) is 21.3. The SMILES string of the molecule is O=C(c1ccc2c(c1)C(=O)N(Cc1ccccc1)C2=O)N1CCC(c2c[nH]c3ncccc23)CC1. The summed E-state index contributed by atoms with van der Waals surface area (Å²) in [5, 5.41) is 1.14. The van der Waals surface area contributed by atoms with Crippen molar-refractivity contribution in [1.82, 2.24) is 19.8 Å². The van der Waals surface area contributed by atoms with Gasteiger partial charge in [-0.25, -0.2) is 4.98 Å². The summed E-state index contributed by atoms with van der Waals surface area (Å²) < 4.78 is 0. The lowest BCUT2D eigenvalue weighted by atomic mass is 9.89. The fourth-order valence-corrected chi connectivity index (χ4v) is 5.22. The Morgan fingerprint density at radius 1 is 0.943 bits per heavy atom. The fraction of sp³-hybridized carbons (Fsp3) is 0.214. The minimum Gasteiger partial charge on any atom is -0.346 e. The maximum atomic E-state index is 13.3. The van der Waals surface area contributed by atoms with Crippen molar-refractivity contribution < 1.29 is 14.4 Å². The highest BCUT2D eigenvalue weighted by molar-refractivity contribution is 6.22. The summed E-state index contributed by atoms with van der Waals surface area (Å²) in [5.41, 5.74) is 4.13. The zero-order valence-corrected chi connectivity index (χ0v) is 19.1. The zero-order valence-electron chi connectivity index (χ0n) is 19.1. The molecular formula is C28H24N4O3. The summed E-state index contributed by atoms with van der Waals surface area (Å²) in [4.78, 5) is 49.8. The molecule has 6 rings (SSSR count). The number of carbonyl (C=O) groups excluding carboxylic acids is 3. The van der Waals surface area contributed by atoms with Gasteiger partial charge >= 0.3 is 0 Å². The van der Waals surface area contributed by atoms with Crippen LogP contribution in [-0.2, 0) is 6.54 Å². The molecule has 0 unspecified atom stereocenters. The standard InChI is InChI=1S/C28H24N4O3/c33-26(31-13-10-19(11-14-31)24-16-30-25-21(24)7-4-12-29-25)20-8-9-22-23(15-20)28(35)32(27(22)34)17-18-5-2-1-3-6-18/h1-9,12,15-16,19H,10-11,13-14,17H2,(H,29,30). The number of aromatic amines is 1. The highest BCUT2D eigenvalue weighted by Gasteiger charge is 2.36. The minimum atomic E-state index is -0.352. The van der Waals surface area contributed by atoms with E-state index in [2.05, 4.69) is 16.0 Å². The highest BCUT2D eigenvalue weighted by atomic mass is 16.2. The van der Waals surface area contributed by atoms with Crippen molar-refractivity contribution >= 4 is 28.8 Å². The van der Waals surface area contributed by atoms with Crippen molar-refractivity contribution in [2.45, 2.75) is 25.3 Å². The van der Waals surface area contributed by atoms with E-state index >= 15 is 0 Å². The van der Waals surface area contributed by atoms with Crippen LogP contribution >= 0.6 is 0 Å². The molecule has 174 valence electrons. The molecule has 2 aromatic heterocycles. The number of hydrogen-bond acceptors (Lipinski definition) is 4. The van der Waals surface area contributed by atoms with E-state index in [1.165, 1.54) is 10.5 Å². The maximum absolute atomic E-state index is 13.3. The molecule has 0 spiro atoms. The second-order valence-electron chi connectivity index (χ2n) is 9.15. The summed E-state index contributed by atoms with van der Waals surface area (Å²) in [5.74, 6) is -0.409. The molecule has 4 heterocycles. The number of aromatic nitrogens is 2. The van der Waals surface area contributed by atoms with Crippen LogP contribution in [-0.4, -0.2) is 50.6 Å². The van der Waals surface area contributed by atoms with E-state index < -0.39 is 0 Å². The number of carbonyl (C=O) groups is 3. The number of nitrogens with zero attached hydrogens (tertiary/aromatic N) is 3. The van der Waals surface area contributed by atoms with Crippen LogP contribution < -0.4 is 0 Å². The van der Waals surface area contributed by atoms with E-state index in [0.29, 0.717) is 35.7 Å². The van der Waals surface area contributed by atoms with Gasteiger partial charge in [-0.3, -0.25) is 19.3 Å². The predicted molar refractivity (Wildman–Crippen MR) is 131 cm³/mol. The van der Waals surface area contributed by atoms with Gasteiger partial charge in [0.25, 0.3) is 17.7 Å². The smallest absolute Gasteiger partial charge is 0.261 e. The molecule has 7 heteroatoms. The summed E-state index contributed by atoms with van der Waals surface area (Å²) >= 11 is 0. The Balaban J connectivity index is 1.16. The lowest BCUT2D eigenvalue weighted by Gasteiger charge is -2.32. The normalized spacial score (nSPS) is 16.2. The lowest BCUT2D eigenvalue weighted by molar-refractivity contribution is 0.0641. The zero-order chi connectivity index (χ0) is 23.9. The largest absolute Gasteiger partial charge is 0.346 e. The topological polar surface area (TPSA) is 86.4 Å². The molecule has 2 aromatic carbocycles. The van der Waals surface area contributed by atoms with Crippen LogP contribution in [0.15, 0.2) is 73.1 Å². The van der Waals surface area contributed by atoms with Crippen LogP contribution in [0.1, 0.15) is 61.0 Å². The van der Waals surface area contributed by atoms with E-state index in [9.17, 15) is 14.4 Å². The molecule has 1 N–H and O–H groups in total. The summed E-state index contributed by atoms with van der Waals surface area (Å²) in [6, 6.07) is 18.3. The van der Waals surface area contributed by atoms with Gasteiger partial charge in [0, 0.05) is 36.4 Å². The molecule has 7 nitrogen and oxygen atoms in total. The molecule has 2 aliphatic rings. The predicted octanol–water partition coefficient (Wildman–Crippen LogP) is 4.38. The van der Waals surface area contributed by atoms with Crippen molar-refractivity contribution in [3.63, 3.8) is 0 Å². The van der Waals surface area contributed by atoms with Gasteiger partial charge in [0.2, 0.25) is 0 Å². The van der Waals surface area contributed by atoms with Crippen molar-refractivity contribution in [2.24, 2.45) is 0 Å². The first-order valence-electron chi connectivity index (χ1n) is 11.9. The third-order valence-corrected chi connectivity index (χ3v) is 7.11. The lowest BCUT2D eigenvalue weighted by Crippen LogP contribution is -2.38. The fourth-order valence-electron chi connectivity index (χ4n) is 5.22. The molecule has 0 saturated carbocycles. The Morgan fingerprint density at radius 2 is 1.71 bits per heavy atom. The van der Waals surface area contributed by atoms with Crippen LogP contribution in [0.4, 0.5) is 0 Å². The van der Waals surface area contributed by atoms with E-state index in [0.717, 1.165) is 29.4 Å². The molecule has 4 aromatic rings. The van der Waals surface area contributed by atoms with Crippen LogP contribution in [0.25, 0.3) is 11.0 Å². The maximum Gasteiger partial charge on any atom is 0.261 e. The van der Waals surface area contributed by atoms with Crippen LogP contribution in [0, 0.1) is 0 Å². The number of pyridine rings is 1. The number of likely N-dealkylation sites (tertiary alicyclic amines) is 1. The van der Waals surface area contributed by atoms with Gasteiger partial charge in [-0.05, 0) is 60.2 Å². The number of benzene rings is 2. The number of fused-ring (bicyclic) bond motifs is 2.